The minimum atomic E-state index is 0.572. The number of guanidine groups is 1. The van der Waals surface area contributed by atoms with Crippen LogP contribution in [-0.4, -0.2) is 49.2 Å². The maximum atomic E-state index is 5.95. The van der Waals surface area contributed by atoms with Crippen molar-refractivity contribution in [3.63, 3.8) is 0 Å². The number of aliphatic imine (C=N–C) groups is 1. The van der Waals surface area contributed by atoms with E-state index in [9.17, 15) is 0 Å². The molecule has 1 aromatic heterocycles. The fourth-order valence-corrected chi connectivity index (χ4v) is 3.49. The van der Waals surface area contributed by atoms with E-state index in [-0.39, 0.29) is 0 Å². The third-order valence-corrected chi connectivity index (χ3v) is 5.23. The molecule has 1 atom stereocenters. The van der Waals surface area contributed by atoms with Crippen LogP contribution >= 0.6 is 0 Å². The van der Waals surface area contributed by atoms with E-state index < -0.39 is 0 Å². The number of aryl methyl sites for hydroxylation is 2. The van der Waals surface area contributed by atoms with Crippen LogP contribution in [0.4, 0.5) is 0 Å². The number of hydrogen-bond acceptors (Lipinski definition) is 4. The van der Waals surface area contributed by atoms with Gasteiger partial charge in [0.05, 0.1) is 13.2 Å². The highest BCUT2D eigenvalue weighted by atomic mass is 16.5. The van der Waals surface area contributed by atoms with Gasteiger partial charge in [-0.3, -0.25) is 0 Å². The van der Waals surface area contributed by atoms with E-state index in [0.717, 1.165) is 49.9 Å². The molecule has 3 rings (SSSR count). The molecule has 1 aliphatic heterocycles. The Bertz CT molecular complexity index is 837. The van der Waals surface area contributed by atoms with E-state index in [4.69, 9.17) is 14.5 Å². The van der Waals surface area contributed by atoms with E-state index in [1.165, 1.54) is 11.1 Å². The molecule has 0 radical (unpaired) electrons. The minimum absolute atomic E-state index is 0.572. The number of methoxy groups -OCH3 is 1. The second-order valence-corrected chi connectivity index (χ2v) is 7.58. The molecule has 1 fully saturated rings. The van der Waals surface area contributed by atoms with E-state index in [1.54, 1.807) is 13.3 Å². The number of rotatable bonds is 7. The van der Waals surface area contributed by atoms with Crippen molar-refractivity contribution in [1.29, 1.82) is 0 Å². The number of pyridine rings is 1. The first-order chi connectivity index (χ1) is 14.1. The molecule has 6 nitrogen and oxygen atoms in total. The lowest BCUT2D eigenvalue weighted by Crippen LogP contribution is -2.40. The van der Waals surface area contributed by atoms with Crippen LogP contribution in [0.3, 0.4) is 0 Å². The van der Waals surface area contributed by atoms with Gasteiger partial charge in [-0.25, -0.2) is 9.98 Å². The Morgan fingerprint density at radius 2 is 2.10 bits per heavy atom. The summed E-state index contributed by atoms with van der Waals surface area (Å²) in [4.78, 5) is 11.5. The van der Waals surface area contributed by atoms with Crippen molar-refractivity contribution < 1.29 is 9.47 Å². The molecule has 6 heteroatoms. The standard InChI is InChI=1S/C23H32N4O2/c1-5-24-23(27-11-9-20(15-27)16-28-4)26-14-19-8-10-25-22(13-19)29-21-7-6-17(2)18(3)12-21/h6-8,10,12-13,20H,5,9,11,14-16H2,1-4H3,(H,24,26). The van der Waals surface area contributed by atoms with Gasteiger partial charge in [0, 0.05) is 44.9 Å². The lowest BCUT2D eigenvalue weighted by Gasteiger charge is -2.21. The molecule has 156 valence electrons. The molecule has 1 N–H and O–H groups in total. The summed E-state index contributed by atoms with van der Waals surface area (Å²) < 4.78 is 11.3. The molecule has 0 saturated carbocycles. The first kappa shape index (κ1) is 21.1. The van der Waals surface area contributed by atoms with Gasteiger partial charge in [-0.15, -0.1) is 0 Å². The van der Waals surface area contributed by atoms with Crippen LogP contribution in [0, 0.1) is 19.8 Å². The van der Waals surface area contributed by atoms with Gasteiger partial charge in [-0.05, 0) is 62.1 Å². The topological polar surface area (TPSA) is 59.0 Å². The Labute approximate surface area is 174 Å². The van der Waals surface area contributed by atoms with E-state index in [2.05, 4.69) is 42.0 Å². The largest absolute Gasteiger partial charge is 0.439 e. The van der Waals surface area contributed by atoms with Crippen LogP contribution in [0.2, 0.25) is 0 Å². The van der Waals surface area contributed by atoms with Crippen molar-refractivity contribution in [2.24, 2.45) is 10.9 Å². The van der Waals surface area contributed by atoms with Gasteiger partial charge in [-0.2, -0.15) is 0 Å². The molecule has 0 spiro atoms. The highest BCUT2D eigenvalue weighted by molar-refractivity contribution is 5.80. The second-order valence-electron chi connectivity index (χ2n) is 7.58. The van der Waals surface area contributed by atoms with Crippen LogP contribution < -0.4 is 10.1 Å². The molecule has 1 aliphatic rings. The molecule has 0 bridgehead atoms. The third kappa shape index (κ3) is 5.94. The number of nitrogens with one attached hydrogen (secondary N) is 1. The van der Waals surface area contributed by atoms with Crippen molar-refractivity contribution in [3.05, 3.63) is 53.2 Å². The molecule has 29 heavy (non-hydrogen) atoms. The first-order valence-corrected chi connectivity index (χ1v) is 10.3. The highest BCUT2D eigenvalue weighted by Crippen LogP contribution is 2.23. The average Bonchev–Trinajstić information content (AvgIpc) is 3.17. The van der Waals surface area contributed by atoms with Gasteiger partial charge >= 0.3 is 0 Å². The van der Waals surface area contributed by atoms with Crippen molar-refractivity contribution in [2.75, 3.05) is 33.4 Å². The number of nitrogens with zero attached hydrogens (tertiary/aromatic N) is 3. The Hall–Kier alpha value is -2.60. The summed E-state index contributed by atoms with van der Waals surface area (Å²) in [7, 11) is 1.77. The zero-order valence-corrected chi connectivity index (χ0v) is 17.9. The predicted molar refractivity (Wildman–Crippen MR) is 117 cm³/mol. The number of ether oxygens (including phenoxy) is 2. The van der Waals surface area contributed by atoms with Gasteiger partial charge in [0.2, 0.25) is 5.88 Å². The van der Waals surface area contributed by atoms with Crippen LogP contribution in [-0.2, 0) is 11.3 Å². The fourth-order valence-electron chi connectivity index (χ4n) is 3.49. The zero-order chi connectivity index (χ0) is 20.6. The van der Waals surface area contributed by atoms with Crippen molar-refractivity contribution >= 4 is 5.96 Å². The molecule has 0 aliphatic carbocycles. The summed E-state index contributed by atoms with van der Waals surface area (Å²) in [6.07, 6.45) is 2.92. The Morgan fingerprint density at radius 1 is 1.24 bits per heavy atom. The van der Waals surface area contributed by atoms with Crippen molar-refractivity contribution in [3.8, 4) is 11.6 Å². The van der Waals surface area contributed by atoms with Gasteiger partial charge in [0.15, 0.2) is 5.96 Å². The Morgan fingerprint density at radius 3 is 2.86 bits per heavy atom. The monoisotopic (exact) mass is 396 g/mol. The maximum Gasteiger partial charge on any atom is 0.219 e. The Balaban J connectivity index is 1.66. The van der Waals surface area contributed by atoms with Gasteiger partial charge in [0.25, 0.3) is 0 Å². The third-order valence-electron chi connectivity index (χ3n) is 5.23. The molecule has 1 aromatic carbocycles. The van der Waals surface area contributed by atoms with Crippen LogP contribution in [0.1, 0.15) is 30.0 Å². The second kappa shape index (κ2) is 10.3. The summed E-state index contributed by atoms with van der Waals surface area (Å²) in [5.41, 5.74) is 3.52. The van der Waals surface area contributed by atoms with E-state index in [1.807, 2.05) is 24.3 Å². The van der Waals surface area contributed by atoms with Gasteiger partial charge in [0.1, 0.15) is 5.75 Å². The van der Waals surface area contributed by atoms with Gasteiger partial charge in [-0.1, -0.05) is 6.07 Å². The van der Waals surface area contributed by atoms with Crippen LogP contribution in [0.25, 0.3) is 0 Å². The highest BCUT2D eigenvalue weighted by Gasteiger charge is 2.24. The fraction of sp³-hybridized carbons (Fsp3) is 0.478. The molecule has 2 aromatic rings. The SMILES string of the molecule is CCNC(=NCc1ccnc(Oc2ccc(C)c(C)c2)c1)N1CCC(COC)C1. The number of likely N-dealkylation sites (tertiary alicyclic amines) is 1. The van der Waals surface area contributed by atoms with Crippen molar-refractivity contribution in [2.45, 2.75) is 33.7 Å². The van der Waals surface area contributed by atoms with Crippen molar-refractivity contribution in [1.82, 2.24) is 15.2 Å². The quantitative estimate of drug-likeness (QED) is 0.568. The smallest absolute Gasteiger partial charge is 0.219 e. The zero-order valence-electron chi connectivity index (χ0n) is 17.9. The predicted octanol–water partition coefficient (Wildman–Crippen LogP) is 3.92. The van der Waals surface area contributed by atoms with Crippen LogP contribution in [0.5, 0.6) is 11.6 Å². The molecule has 1 saturated heterocycles. The van der Waals surface area contributed by atoms with Gasteiger partial charge < -0.3 is 19.7 Å². The lowest BCUT2D eigenvalue weighted by atomic mass is 10.1. The van der Waals surface area contributed by atoms with E-state index in [0.29, 0.717) is 18.3 Å². The molecular formula is C23H32N4O2. The molecule has 0 amide bonds. The normalized spacial score (nSPS) is 16.9. The molecule has 1 unspecified atom stereocenters. The lowest BCUT2D eigenvalue weighted by molar-refractivity contribution is 0.157. The average molecular weight is 397 g/mol. The van der Waals surface area contributed by atoms with E-state index >= 15 is 0 Å². The maximum absolute atomic E-state index is 5.95. The summed E-state index contributed by atoms with van der Waals surface area (Å²) in [5, 5.41) is 3.41. The van der Waals surface area contributed by atoms with Crippen LogP contribution in [0.15, 0.2) is 41.5 Å². The Kier molecular flexibility index (Phi) is 7.47. The summed E-state index contributed by atoms with van der Waals surface area (Å²) in [5.74, 6) is 2.92. The first-order valence-electron chi connectivity index (χ1n) is 10.3. The number of hydrogen-bond donors (Lipinski definition) is 1. The minimum Gasteiger partial charge on any atom is -0.439 e. The molecular weight excluding hydrogens is 364 g/mol. The number of benzene rings is 1. The summed E-state index contributed by atoms with van der Waals surface area (Å²) >= 11 is 0. The summed E-state index contributed by atoms with van der Waals surface area (Å²) in [6, 6.07) is 10.0. The number of aromatic nitrogens is 1. The summed E-state index contributed by atoms with van der Waals surface area (Å²) in [6.45, 7) is 10.5. The molecule has 2 heterocycles.